The summed E-state index contributed by atoms with van der Waals surface area (Å²) in [5.41, 5.74) is 6.09. The number of nitrogens with one attached hydrogen (secondary N) is 1. The van der Waals surface area contributed by atoms with Crippen LogP contribution in [0.1, 0.15) is 49.9 Å². The van der Waals surface area contributed by atoms with E-state index in [0.29, 0.717) is 49.5 Å². The minimum atomic E-state index is -0.332. The maximum absolute atomic E-state index is 12.9. The minimum absolute atomic E-state index is 0. The number of carbonyl (C=O) groups is 2. The van der Waals surface area contributed by atoms with Crippen LogP contribution in [0.4, 0.5) is 0 Å². The number of benzene rings is 1. The topological polar surface area (TPSA) is 93.9 Å². The van der Waals surface area contributed by atoms with Gasteiger partial charge in [-0.1, -0.05) is 13.8 Å². The number of methoxy groups -OCH3 is 2. The molecule has 0 atom stereocenters. The summed E-state index contributed by atoms with van der Waals surface area (Å²) in [4.78, 5) is 27.4. The number of nitrogens with two attached hydrogens (primary N) is 1. The van der Waals surface area contributed by atoms with Crippen LogP contribution in [0.15, 0.2) is 18.2 Å². The number of hydrogen-bond donors (Lipinski definition) is 2. The van der Waals surface area contributed by atoms with Crippen LogP contribution in [-0.2, 0) is 4.79 Å². The summed E-state index contributed by atoms with van der Waals surface area (Å²) >= 11 is 0. The Labute approximate surface area is 179 Å². The fourth-order valence-corrected chi connectivity index (χ4v) is 3.59. The van der Waals surface area contributed by atoms with Gasteiger partial charge in [0.25, 0.3) is 5.91 Å². The average Bonchev–Trinajstić information content (AvgIpc) is 2.76. The maximum Gasteiger partial charge on any atom is 0.254 e. The SMILES string of the molecule is CCC(CC)(CN)NC(=O)C1CCN(C(=O)c2cc(OC)cc(OC)c2)CC1.Cl. The van der Waals surface area contributed by atoms with Gasteiger partial charge in [0.05, 0.1) is 19.8 Å². The van der Waals surface area contributed by atoms with Gasteiger partial charge in [0.15, 0.2) is 0 Å². The number of ether oxygens (including phenoxy) is 2. The fourth-order valence-electron chi connectivity index (χ4n) is 3.59. The zero-order valence-electron chi connectivity index (χ0n) is 17.8. The van der Waals surface area contributed by atoms with Crippen molar-refractivity contribution < 1.29 is 19.1 Å². The van der Waals surface area contributed by atoms with Crippen molar-refractivity contribution in [3.63, 3.8) is 0 Å². The highest BCUT2D eigenvalue weighted by molar-refractivity contribution is 5.95. The van der Waals surface area contributed by atoms with Crippen LogP contribution in [0, 0.1) is 5.92 Å². The molecule has 164 valence electrons. The van der Waals surface area contributed by atoms with E-state index in [-0.39, 0.29) is 35.7 Å². The van der Waals surface area contributed by atoms with E-state index in [1.807, 2.05) is 13.8 Å². The van der Waals surface area contributed by atoms with E-state index in [2.05, 4.69) is 5.32 Å². The number of piperidine rings is 1. The van der Waals surface area contributed by atoms with Crippen LogP contribution < -0.4 is 20.5 Å². The van der Waals surface area contributed by atoms with Gasteiger partial charge in [-0.3, -0.25) is 9.59 Å². The summed E-state index contributed by atoms with van der Waals surface area (Å²) in [5, 5.41) is 3.15. The molecule has 1 saturated heterocycles. The molecule has 1 aliphatic rings. The van der Waals surface area contributed by atoms with Crippen LogP contribution in [0.2, 0.25) is 0 Å². The molecule has 29 heavy (non-hydrogen) atoms. The number of amides is 2. The van der Waals surface area contributed by atoms with Gasteiger partial charge in [0.1, 0.15) is 11.5 Å². The lowest BCUT2D eigenvalue weighted by Crippen LogP contribution is -2.55. The van der Waals surface area contributed by atoms with Gasteiger partial charge in [-0.25, -0.2) is 0 Å². The number of carbonyl (C=O) groups excluding carboxylic acids is 2. The second kappa shape index (κ2) is 11.3. The summed E-state index contributed by atoms with van der Waals surface area (Å²) in [5.74, 6) is 1.04. The Morgan fingerprint density at radius 2 is 1.62 bits per heavy atom. The van der Waals surface area contributed by atoms with Crippen molar-refractivity contribution in [2.75, 3.05) is 33.9 Å². The highest BCUT2D eigenvalue weighted by Gasteiger charge is 2.33. The fraction of sp³-hybridized carbons (Fsp3) is 0.619. The van der Waals surface area contributed by atoms with Gasteiger partial charge in [-0.15, -0.1) is 12.4 Å². The molecular formula is C21H34ClN3O4. The molecule has 0 bridgehead atoms. The Bertz CT molecular complexity index is 656. The number of rotatable bonds is 8. The standard InChI is InChI=1S/C21H33N3O4.ClH/c1-5-21(6-2,14-22)23-19(25)15-7-9-24(10-8-15)20(26)16-11-17(27-3)13-18(12-16)28-4;/h11-13,15H,5-10,14,22H2,1-4H3,(H,23,25);1H. The van der Waals surface area contributed by atoms with Crippen molar-refractivity contribution in [3.05, 3.63) is 23.8 Å². The number of halogens is 1. The summed E-state index contributed by atoms with van der Waals surface area (Å²) in [6.45, 7) is 5.61. The quantitative estimate of drug-likeness (QED) is 0.665. The van der Waals surface area contributed by atoms with E-state index in [4.69, 9.17) is 15.2 Å². The van der Waals surface area contributed by atoms with Gasteiger partial charge >= 0.3 is 0 Å². The molecule has 2 amide bonds. The molecule has 0 saturated carbocycles. The van der Waals surface area contributed by atoms with E-state index < -0.39 is 0 Å². The first kappa shape index (κ1) is 25.0. The van der Waals surface area contributed by atoms with Crippen molar-refractivity contribution in [3.8, 4) is 11.5 Å². The number of nitrogens with zero attached hydrogens (tertiary/aromatic N) is 1. The Morgan fingerprint density at radius 3 is 2.03 bits per heavy atom. The number of likely N-dealkylation sites (tertiary alicyclic amines) is 1. The summed E-state index contributed by atoms with van der Waals surface area (Å²) in [7, 11) is 3.11. The second-order valence-electron chi connectivity index (χ2n) is 7.35. The lowest BCUT2D eigenvalue weighted by Gasteiger charge is -2.36. The molecule has 0 spiro atoms. The molecule has 1 aromatic carbocycles. The predicted octanol–water partition coefficient (Wildman–Crippen LogP) is 2.61. The van der Waals surface area contributed by atoms with E-state index >= 15 is 0 Å². The highest BCUT2D eigenvalue weighted by Crippen LogP contribution is 2.26. The summed E-state index contributed by atoms with van der Waals surface area (Å²) in [6, 6.07) is 5.15. The van der Waals surface area contributed by atoms with E-state index in [0.717, 1.165) is 12.8 Å². The third-order valence-electron chi connectivity index (χ3n) is 5.88. The molecule has 8 heteroatoms. The molecular weight excluding hydrogens is 394 g/mol. The predicted molar refractivity (Wildman–Crippen MR) is 116 cm³/mol. The molecule has 1 heterocycles. The first-order valence-corrected chi connectivity index (χ1v) is 9.96. The Morgan fingerprint density at radius 1 is 1.10 bits per heavy atom. The van der Waals surface area contributed by atoms with Crippen LogP contribution in [0.5, 0.6) is 11.5 Å². The van der Waals surface area contributed by atoms with Crippen LogP contribution in [-0.4, -0.2) is 56.1 Å². The summed E-state index contributed by atoms with van der Waals surface area (Å²) < 4.78 is 10.5. The second-order valence-corrected chi connectivity index (χ2v) is 7.35. The molecule has 1 fully saturated rings. The van der Waals surface area contributed by atoms with Crippen molar-refractivity contribution in [2.24, 2.45) is 11.7 Å². The third kappa shape index (κ3) is 6.00. The molecule has 1 aliphatic heterocycles. The minimum Gasteiger partial charge on any atom is -0.497 e. The first-order valence-electron chi connectivity index (χ1n) is 9.96. The van der Waals surface area contributed by atoms with E-state index in [1.165, 1.54) is 0 Å². The molecule has 3 N–H and O–H groups in total. The van der Waals surface area contributed by atoms with E-state index in [9.17, 15) is 9.59 Å². The number of hydrogen-bond acceptors (Lipinski definition) is 5. The lowest BCUT2D eigenvalue weighted by atomic mass is 9.89. The van der Waals surface area contributed by atoms with E-state index in [1.54, 1.807) is 37.3 Å². The molecule has 2 rings (SSSR count). The molecule has 7 nitrogen and oxygen atoms in total. The Hall–Kier alpha value is -1.99. The van der Waals surface area contributed by atoms with Crippen LogP contribution >= 0.6 is 12.4 Å². The van der Waals surface area contributed by atoms with Gasteiger partial charge in [-0.2, -0.15) is 0 Å². The lowest BCUT2D eigenvalue weighted by molar-refractivity contribution is -0.128. The molecule has 1 aromatic rings. The zero-order valence-corrected chi connectivity index (χ0v) is 18.6. The van der Waals surface area contributed by atoms with Gasteiger partial charge in [0, 0.05) is 37.2 Å². The van der Waals surface area contributed by atoms with Crippen molar-refractivity contribution >= 4 is 24.2 Å². The maximum atomic E-state index is 12.9. The zero-order chi connectivity index (χ0) is 20.7. The average molecular weight is 428 g/mol. The molecule has 0 aromatic heterocycles. The molecule has 0 radical (unpaired) electrons. The summed E-state index contributed by atoms with van der Waals surface area (Å²) in [6.07, 6.45) is 2.90. The van der Waals surface area contributed by atoms with Crippen LogP contribution in [0.25, 0.3) is 0 Å². The third-order valence-corrected chi connectivity index (χ3v) is 5.88. The van der Waals surface area contributed by atoms with Gasteiger partial charge in [-0.05, 0) is 37.8 Å². The van der Waals surface area contributed by atoms with Crippen molar-refractivity contribution in [1.29, 1.82) is 0 Å². The Kier molecular flexibility index (Phi) is 9.73. The monoisotopic (exact) mass is 427 g/mol. The van der Waals surface area contributed by atoms with Crippen molar-refractivity contribution in [2.45, 2.75) is 45.1 Å². The molecule has 0 aliphatic carbocycles. The van der Waals surface area contributed by atoms with Gasteiger partial charge < -0.3 is 25.4 Å². The first-order chi connectivity index (χ1) is 13.4. The van der Waals surface area contributed by atoms with Crippen molar-refractivity contribution in [1.82, 2.24) is 10.2 Å². The highest BCUT2D eigenvalue weighted by atomic mass is 35.5. The van der Waals surface area contributed by atoms with Gasteiger partial charge in [0.2, 0.25) is 5.91 Å². The largest absolute Gasteiger partial charge is 0.497 e. The Balaban J connectivity index is 0.00000420. The van der Waals surface area contributed by atoms with Crippen LogP contribution in [0.3, 0.4) is 0 Å². The normalized spacial score (nSPS) is 14.7. The smallest absolute Gasteiger partial charge is 0.254 e. The molecule has 0 unspecified atom stereocenters.